The molecule has 18 heavy (non-hydrogen) atoms. The minimum atomic E-state index is -0.467. The normalized spacial score (nSPS) is 11.5. The smallest absolute Gasteiger partial charge is 0.287 e. The van der Waals surface area contributed by atoms with Gasteiger partial charge in [-0.3, -0.25) is 14.7 Å². The van der Waals surface area contributed by atoms with Crippen molar-refractivity contribution in [2.24, 2.45) is 0 Å². The van der Waals surface area contributed by atoms with Gasteiger partial charge in [0.25, 0.3) is 5.69 Å². The first-order chi connectivity index (χ1) is 8.38. The molecule has 0 aliphatic rings. The summed E-state index contributed by atoms with van der Waals surface area (Å²) in [5.41, 5.74) is 0.893. The van der Waals surface area contributed by atoms with Gasteiger partial charge in [0.15, 0.2) is 0 Å². The molecule has 0 N–H and O–H groups in total. The van der Waals surface area contributed by atoms with E-state index in [0.29, 0.717) is 5.82 Å². The topological polar surface area (TPSA) is 73.8 Å². The SMILES string of the molecule is CC(C)(C)c1cn(-c2ccc([N+](=O)[O-])cn2)cn1. The number of imidazole rings is 1. The van der Waals surface area contributed by atoms with Gasteiger partial charge < -0.3 is 0 Å². The monoisotopic (exact) mass is 246 g/mol. The molecule has 2 aromatic rings. The first kappa shape index (κ1) is 12.2. The fourth-order valence-electron chi connectivity index (χ4n) is 1.47. The number of hydrogen-bond acceptors (Lipinski definition) is 4. The zero-order valence-electron chi connectivity index (χ0n) is 10.5. The number of hydrogen-bond donors (Lipinski definition) is 0. The predicted octanol–water partition coefficient (Wildman–Crippen LogP) is 2.47. The number of pyridine rings is 1. The molecule has 0 spiro atoms. The van der Waals surface area contributed by atoms with Crippen molar-refractivity contribution in [1.82, 2.24) is 14.5 Å². The van der Waals surface area contributed by atoms with Gasteiger partial charge in [-0.25, -0.2) is 9.97 Å². The van der Waals surface area contributed by atoms with Gasteiger partial charge >= 0.3 is 0 Å². The van der Waals surface area contributed by atoms with Crippen molar-refractivity contribution >= 4 is 5.69 Å². The summed E-state index contributed by atoms with van der Waals surface area (Å²) < 4.78 is 1.75. The molecular weight excluding hydrogens is 232 g/mol. The molecule has 0 aromatic carbocycles. The zero-order chi connectivity index (χ0) is 13.3. The van der Waals surface area contributed by atoms with Gasteiger partial charge in [0.05, 0.1) is 10.6 Å². The summed E-state index contributed by atoms with van der Waals surface area (Å²) in [7, 11) is 0. The van der Waals surface area contributed by atoms with E-state index in [0.717, 1.165) is 5.69 Å². The van der Waals surface area contributed by atoms with E-state index in [1.807, 2.05) is 6.20 Å². The summed E-state index contributed by atoms with van der Waals surface area (Å²) in [5.74, 6) is 0.614. The highest BCUT2D eigenvalue weighted by Gasteiger charge is 2.17. The molecule has 6 heteroatoms. The molecule has 2 rings (SSSR count). The van der Waals surface area contributed by atoms with E-state index >= 15 is 0 Å². The predicted molar refractivity (Wildman–Crippen MR) is 66.7 cm³/mol. The van der Waals surface area contributed by atoms with Crippen molar-refractivity contribution in [3.8, 4) is 5.82 Å². The maximum absolute atomic E-state index is 10.5. The van der Waals surface area contributed by atoms with Crippen LogP contribution in [0, 0.1) is 10.1 Å². The van der Waals surface area contributed by atoms with E-state index in [9.17, 15) is 10.1 Å². The molecule has 0 unspecified atom stereocenters. The van der Waals surface area contributed by atoms with Gasteiger partial charge in [0, 0.05) is 17.7 Å². The first-order valence-electron chi connectivity index (χ1n) is 5.53. The summed E-state index contributed by atoms with van der Waals surface area (Å²) in [6.45, 7) is 6.22. The van der Waals surface area contributed by atoms with E-state index in [2.05, 4.69) is 30.7 Å². The van der Waals surface area contributed by atoms with E-state index in [1.54, 1.807) is 17.0 Å². The van der Waals surface area contributed by atoms with Crippen LogP contribution in [0.25, 0.3) is 5.82 Å². The Kier molecular flexibility index (Phi) is 2.86. The fourth-order valence-corrected chi connectivity index (χ4v) is 1.47. The van der Waals surface area contributed by atoms with Crippen molar-refractivity contribution in [3.05, 3.63) is 46.7 Å². The molecule has 0 amide bonds. The molecule has 94 valence electrons. The molecule has 0 saturated heterocycles. The van der Waals surface area contributed by atoms with Crippen molar-refractivity contribution in [2.75, 3.05) is 0 Å². The summed E-state index contributed by atoms with van der Waals surface area (Å²) >= 11 is 0. The van der Waals surface area contributed by atoms with Gasteiger partial charge in [-0.1, -0.05) is 20.8 Å². The fraction of sp³-hybridized carbons (Fsp3) is 0.333. The van der Waals surface area contributed by atoms with Crippen LogP contribution in [-0.2, 0) is 5.41 Å². The second-order valence-corrected chi connectivity index (χ2v) is 5.05. The van der Waals surface area contributed by atoms with Crippen LogP contribution in [0.1, 0.15) is 26.5 Å². The maximum atomic E-state index is 10.5. The van der Waals surface area contributed by atoms with Gasteiger partial charge in [-0.05, 0) is 6.07 Å². The van der Waals surface area contributed by atoms with Gasteiger partial charge in [-0.2, -0.15) is 0 Å². The Morgan fingerprint density at radius 1 is 1.28 bits per heavy atom. The van der Waals surface area contributed by atoms with Crippen molar-refractivity contribution in [2.45, 2.75) is 26.2 Å². The lowest BCUT2D eigenvalue weighted by molar-refractivity contribution is -0.385. The average molecular weight is 246 g/mol. The van der Waals surface area contributed by atoms with Crippen LogP contribution in [0.5, 0.6) is 0 Å². The molecule has 6 nitrogen and oxygen atoms in total. The highest BCUT2D eigenvalue weighted by molar-refractivity contribution is 5.33. The third-order valence-corrected chi connectivity index (χ3v) is 2.56. The largest absolute Gasteiger partial charge is 0.290 e. The maximum Gasteiger partial charge on any atom is 0.287 e. The van der Waals surface area contributed by atoms with E-state index in [1.165, 1.54) is 12.3 Å². The highest BCUT2D eigenvalue weighted by Crippen LogP contribution is 2.21. The molecule has 0 aliphatic heterocycles. The Bertz CT molecular complexity index is 567. The van der Waals surface area contributed by atoms with Crippen LogP contribution >= 0.6 is 0 Å². The van der Waals surface area contributed by atoms with E-state index in [4.69, 9.17) is 0 Å². The molecule has 0 saturated carbocycles. The Balaban J connectivity index is 2.32. The number of aromatic nitrogens is 3. The number of nitro groups is 1. The standard InChI is InChI=1S/C12H14N4O2/c1-12(2,3)10-7-15(8-14-10)11-5-4-9(6-13-11)16(17)18/h4-8H,1-3H3. The zero-order valence-corrected chi connectivity index (χ0v) is 10.5. The van der Waals surface area contributed by atoms with Crippen LogP contribution in [-0.4, -0.2) is 19.5 Å². The Morgan fingerprint density at radius 3 is 2.44 bits per heavy atom. The van der Waals surface area contributed by atoms with Gasteiger partial charge in [0.2, 0.25) is 0 Å². The molecular formula is C12H14N4O2. The third-order valence-electron chi connectivity index (χ3n) is 2.56. The third kappa shape index (κ3) is 2.37. The molecule has 0 radical (unpaired) electrons. The highest BCUT2D eigenvalue weighted by atomic mass is 16.6. The summed E-state index contributed by atoms with van der Waals surface area (Å²) in [6, 6.07) is 3.03. The van der Waals surface area contributed by atoms with Crippen LogP contribution in [0.15, 0.2) is 30.9 Å². The Labute approximate surface area is 104 Å². The Morgan fingerprint density at radius 2 is 2.00 bits per heavy atom. The quantitative estimate of drug-likeness (QED) is 0.602. The minimum Gasteiger partial charge on any atom is -0.290 e. The van der Waals surface area contributed by atoms with Crippen LogP contribution in [0.2, 0.25) is 0 Å². The van der Waals surface area contributed by atoms with E-state index in [-0.39, 0.29) is 11.1 Å². The van der Waals surface area contributed by atoms with Crippen LogP contribution in [0.4, 0.5) is 5.69 Å². The van der Waals surface area contributed by atoms with Crippen molar-refractivity contribution in [3.63, 3.8) is 0 Å². The van der Waals surface area contributed by atoms with Crippen molar-refractivity contribution in [1.29, 1.82) is 0 Å². The minimum absolute atomic E-state index is 0.0186. The van der Waals surface area contributed by atoms with Gasteiger partial charge in [0.1, 0.15) is 18.3 Å². The van der Waals surface area contributed by atoms with Gasteiger partial charge in [-0.15, -0.1) is 0 Å². The second kappa shape index (κ2) is 4.21. The lowest BCUT2D eigenvalue weighted by Crippen LogP contribution is -2.11. The molecule has 0 aliphatic carbocycles. The molecule has 0 fully saturated rings. The molecule has 2 heterocycles. The number of nitrogens with zero attached hydrogens (tertiary/aromatic N) is 4. The van der Waals surface area contributed by atoms with Crippen LogP contribution < -0.4 is 0 Å². The summed E-state index contributed by atoms with van der Waals surface area (Å²) in [6.07, 6.45) is 4.79. The molecule has 0 bridgehead atoms. The lowest BCUT2D eigenvalue weighted by atomic mass is 9.93. The van der Waals surface area contributed by atoms with Crippen LogP contribution in [0.3, 0.4) is 0 Å². The summed E-state index contributed by atoms with van der Waals surface area (Å²) in [5, 5.41) is 10.5. The lowest BCUT2D eigenvalue weighted by Gasteiger charge is -2.14. The molecule has 0 atom stereocenters. The van der Waals surface area contributed by atoms with E-state index < -0.39 is 4.92 Å². The Hall–Kier alpha value is -2.24. The second-order valence-electron chi connectivity index (χ2n) is 5.05. The summed E-state index contributed by atoms with van der Waals surface area (Å²) in [4.78, 5) is 18.4. The average Bonchev–Trinajstić information content (AvgIpc) is 2.78. The molecule has 2 aromatic heterocycles. The number of rotatable bonds is 2. The van der Waals surface area contributed by atoms with Crippen molar-refractivity contribution < 1.29 is 4.92 Å². The first-order valence-corrected chi connectivity index (χ1v) is 5.53.